The Labute approximate surface area is 123 Å². The van der Waals surface area contributed by atoms with Gasteiger partial charge in [0.1, 0.15) is 11.6 Å². The van der Waals surface area contributed by atoms with E-state index < -0.39 is 0 Å². The van der Waals surface area contributed by atoms with Gasteiger partial charge in [0.2, 0.25) is 0 Å². The van der Waals surface area contributed by atoms with E-state index in [1.54, 1.807) is 12.4 Å². The molecule has 3 rings (SSSR count). The molecule has 6 nitrogen and oxygen atoms in total. The van der Waals surface area contributed by atoms with Gasteiger partial charge in [-0.25, -0.2) is 4.98 Å². The van der Waals surface area contributed by atoms with Crippen LogP contribution in [0.2, 0.25) is 0 Å². The van der Waals surface area contributed by atoms with Gasteiger partial charge in [0.25, 0.3) is 0 Å². The maximum absolute atomic E-state index is 9.16. The summed E-state index contributed by atoms with van der Waals surface area (Å²) in [6, 6.07) is 5.93. The van der Waals surface area contributed by atoms with Crippen molar-refractivity contribution in [3.05, 3.63) is 30.2 Å². The highest BCUT2D eigenvalue weighted by Crippen LogP contribution is 2.28. The Morgan fingerprint density at radius 1 is 1.48 bits per heavy atom. The largest absolute Gasteiger partial charge is 0.370 e. The van der Waals surface area contributed by atoms with Gasteiger partial charge in [0.15, 0.2) is 5.69 Å². The molecule has 108 valence electrons. The van der Waals surface area contributed by atoms with Crippen molar-refractivity contribution in [2.45, 2.75) is 19.1 Å². The molecule has 0 spiro atoms. The standard InChI is InChI=1S/C15H17N5O/c1-10-8-20(9-11(5-16)21-10)14-7-19-13(6-17)15-12(14)3-2-4-18-15/h2-4,7,10-11H,5,8-9,16H2,1H3. The summed E-state index contributed by atoms with van der Waals surface area (Å²) in [5.41, 5.74) is 7.71. The van der Waals surface area contributed by atoms with E-state index in [9.17, 15) is 0 Å². The lowest BCUT2D eigenvalue weighted by Gasteiger charge is -2.38. The van der Waals surface area contributed by atoms with E-state index >= 15 is 0 Å². The molecule has 2 aromatic rings. The third kappa shape index (κ3) is 2.53. The van der Waals surface area contributed by atoms with Crippen LogP contribution in [0.1, 0.15) is 12.6 Å². The first-order valence-corrected chi connectivity index (χ1v) is 6.97. The molecule has 1 aliphatic heterocycles. The van der Waals surface area contributed by atoms with Crippen LogP contribution in [0.15, 0.2) is 24.5 Å². The van der Waals surface area contributed by atoms with Crippen molar-refractivity contribution in [2.75, 3.05) is 24.5 Å². The van der Waals surface area contributed by atoms with Gasteiger partial charge in [0.05, 0.1) is 24.1 Å². The minimum atomic E-state index is 0.0103. The Bertz CT molecular complexity index is 696. The molecule has 1 fully saturated rings. The van der Waals surface area contributed by atoms with Crippen LogP contribution >= 0.6 is 0 Å². The molecule has 2 aromatic heterocycles. The zero-order chi connectivity index (χ0) is 14.8. The molecule has 0 saturated carbocycles. The predicted molar refractivity (Wildman–Crippen MR) is 79.9 cm³/mol. The van der Waals surface area contributed by atoms with Crippen molar-refractivity contribution < 1.29 is 4.74 Å². The number of nitrogens with two attached hydrogens (primary N) is 1. The lowest BCUT2D eigenvalue weighted by atomic mass is 10.1. The Morgan fingerprint density at radius 2 is 2.33 bits per heavy atom. The normalized spacial score (nSPS) is 22.2. The molecule has 2 unspecified atom stereocenters. The van der Waals surface area contributed by atoms with Crippen LogP contribution in [0.4, 0.5) is 5.69 Å². The Morgan fingerprint density at radius 3 is 3.10 bits per heavy atom. The van der Waals surface area contributed by atoms with Gasteiger partial charge in [-0.3, -0.25) is 4.98 Å². The van der Waals surface area contributed by atoms with E-state index in [1.807, 2.05) is 19.1 Å². The van der Waals surface area contributed by atoms with E-state index in [0.717, 1.165) is 24.2 Å². The van der Waals surface area contributed by atoms with Crippen LogP contribution < -0.4 is 10.6 Å². The topological polar surface area (TPSA) is 88.1 Å². The molecule has 0 radical (unpaired) electrons. The molecule has 0 aromatic carbocycles. The molecule has 0 bridgehead atoms. The second kappa shape index (κ2) is 5.64. The fourth-order valence-corrected chi connectivity index (χ4v) is 2.76. The van der Waals surface area contributed by atoms with Crippen molar-refractivity contribution in [1.82, 2.24) is 9.97 Å². The Kier molecular flexibility index (Phi) is 3.69. The summed E-state index contributed by atoms with van der Waals surface area (Å²) in [7, 11) is 0. The molecule has 3 heterocycles. The average Bonchev–Trinajstić information content (AvgIpc) is 2.53. The van der Waals surface area contributed by atoms with Crippen molar-refractivity contribution in [2.24, 2.45) is 5.73 Å². The first-order valence-electron chi connectivity index (χ1n) is 6.97. The number of nitrogens with zero attached hydrogens (tertiary/aromatic N) is 4. The maximum atomic E-state index is 9.16. The number of hydrogen-bond donors (Lipinski definition) is 1. The first-order chi connectivity index (χ1) is 10.2. The zero-order valence-corrected chi connectivity index (χ0v) is 11.9. The monoisotopic (exact) mass is 283 g/mol. The fraction of sp³-hybridized carbons (Fsp3) is 0.400. The molecule has 1 saturated heterocycles. The highest BCUT2D eigenvalue weighted by atomic mass is 16.5. The van der Waals surface area contributed by atoms with Gasteiger partial charge in [-0.1, -0.05) is 0 Å². The second-order valence-electron chi connectivity index (χ2n) is 5.21. The molecule has 21 heavy (non-hydrogen) atoms. The summed E-state index contributed by atoms with van der Waals surface area (Å²) >= 11 is 0. The quantitative estimate of drug-likeness (QED) is 0.886. The van der Waals surface area contributed by atoms with Gasteiger partial charge in [-0.2, -0.15) is 5.26 Å². The molecule has 0 amide bonds. The predicted octanol–water partition coefficient (Wildman–Crippen LogP) is 1.05. The van der Waals surface area contributed by atoms with E-state index in [2.05, 4.69) is 20.9 Å². The number of ether oxygens (including phenoxy) is 1. The van der Waals surface area contributed by atoms with Crippen molar-refractivity contribution in [1.29, 1.82) is 5.26 Å². The molecular formula is C15H17N5O. The zero-order valence-electron chi connectivity index (χ0n) is 11.9. The molecule has 2 atom stereocenters. The fourth-order valence-electron chi connectivity index (χ4n) is 2.76. The average molecular weight is 283 g/mol. The maximum Gasteiger partial charge on any atom is 0.166 e. The van der Waals surface area contributed by atoms with E-state index in [1.165, 1.54) is 0 Å². The smallest absolute Gasteiger partial charge is 0.166 e. The van der Waals surface area contributed by atoms with E-state index in [0.29, 0.717) is 17.8 Å². The van der Waals surface area contributed by atoms with Gasteiger partial charge >= 0.3 is 0 Å². The highest BCUT2D eigenvalue weighted by Gasteiger charge is 2.26. The number of hydrogen-bond acceptors (Lipinski definition) is 6. The van der Waals surface area contributed by atoms with Gasteiger partial charge < -0.3 is 15.4 Å². The van der Waals surface area contributed by atoms with Gasteiger partial charge in [-0.15, -0.1) is 0 Å². The number of morpholine rings is 1. The van der Waals surface area contributed by atoms with E-state index in [-0.39, 0.29) is 12.2 Å². The summed E-state index contributed by atoms with van der Waals surface area (Å²) in [6.07, 6.45) is 3.54. The molecule has 0 aliphatic carbocycles. The van der Waals surface area contributed by atoms with Crippen molar-refractivity contribution >= 4 is 16.6 Å². The van der Waals surface area contributed by atoms with Crippen LogP contribution in [-0.4, -0.2) is 41.8 Å². The minimum absolute atomic E-state index is 0.0103. The summed E-state index contributed by atoms with van der Waals surface area (Å²) in [5, 5.41) is 10.1. The van der Waals surface area contributed by atoms with Crippen LogP contribution in [0, 0.1) is 11.3 Å². The van der Waals surface area contributed by atoms with Gasteiger partial charge in [-0.05, 0) is 19.1 Å². The number of fused-ring (bicyclic) bond motifs is 1. The molecule has 1 aliphatic rings. The number of pyridine rings is 2. The van der Waals surface area contributed by atoms with Crippen molar-refractivity contribution in [3.8, 4) is 6.07 Å². The van der Waals surface area contributed by atoms with E-state index in [4.69, 9.17) is 15.7 Å². The summed E-state index contributed by atoms with van der Waals surface area (Å²) in [5.74, 6) is 0. The van der Waals surface area contributed by atoms with Crippen LogP contribution in [0.25, 0.3) is 10.9 Å². The lowest BCUT2D eigenvalue weighted by molar-refractivity contribution is -0.0104. The molecular weight excluding hydrogens is 266 g/mol. The van der Waals surface area contributed by atoms with Crippen LogP contribution in [-0.2, 0) is 4.74 Å². The lowest BCUT2D eigenvalue weighted by Crippen LogP contribution is -2.49. The second-order valence-corrected chi connectivity index (χ2v) is 5.21. The SMILES string of the molecule is CC1CN(c2cnc(C#N)c3ncccc23)CC(CN)O1. The third-order valence-electron chi connectivity index (χ3n) is 3.66. The highest BCUT2D eigenvalue weighted by molar-refractivity contribution is 5.93. The Hall–Kier alpha value is -2.23. The number of anilines is 1. The number of aromatic nitrogens is 2. The Balaban J connectivity index is 2.07. The molecule has 6 heteroatoms. The van der Waals surface area contributed by atoms with Crippen LogP contribution in [0.5, 0.6) is 0 Å². The number of nitriles is 1. The van der Waals surface area contributed by atoms with Crippen LogP contribution in [0.3, 0.4) is 0 Å². The first kappa shape index (κ1) is 13.7. The molecule has 2 N–H and O–H groups in total. The van der Waals surface area contributed by atoms with Gasteiger partial charge in [0, 0.05) is 31.2 Å². The minimum Gasteiger partial charge on any atom is -0.370 e. The summed E-state index contributed by atoms with van der Waals surface area (Å²) in [4.78, 5) is 10.7. The number of rotatable bonds is 2. The third-order valence-corrected chi connectivity index (χ3v) is 3.66. The summed E-state index contributed by atoms with van der Waals surface area (Å²) < 4.78 is 5.79. The summed E-state index contributed by atoms with van der Waals surface area (Å²) in [6.45, 7) is 4.01. The van der Waals surface area contributed by atoms with Crippen molar-refractivity contribution in [3.63, 3.8) is 0 Å².